The van der Waals surface area contributed by atoms with Crippen molar-refractivity contribution >= 4 is 15.9 Å². The van der Waals surface area contributed by atoms with Crippen molar-refractivity contribution in [3.8, 4) is 5.75 Å². The molecule has 1 aliphatic heterocycles. The molecule has 28 heavy (non-hydrogen) atoms. The second kappa shape index (κ2) is 8.75. The van der Waals surface area contributed by atoms with Crippen LogP contribution < -0.4 is 4.74 Å². The van der Waals surface area contributed by atoms with Gasteiger partial charge in [0.05, 0.1) is 5.75 Å². The van der Waals surface area contributed by atoms with Crippen LogP contribution in [-0.2, 0) is 20.6 Å². The number of carbonyl (C=O) groups excluding carboxylic acids is 1. The molecular formula is C21H26N2O4S. The number of piperazine rings is 1. The summed E-state index contributed by atoms with van der Waals surface area (Å²) >= 11 is 0. The molecule has 1 atom stereocenters. The standard InChI is InChI=1S/C21H26N2O4S/c1-17-7-6-10-20(15-17)27-18(2)21(24)22-11-13-23(14-12-22)28(25,26)16-19-8-4-3-5-9-19/h3-10,15,18H,11-14,16H2,1-2H3/t18-/m0/s1. The molecule has 2 aromatic carbocycles. The van der Waals surface area contributed by atoms with E-state index in [1.807, 2.05) is 61.5 Å². The second-order valence-corrected chi connectivity index (χ2v) is 9.01. The van der Waals surface area contributed by atoms with Gasteiger partial charge in [-0.1, -0.05) is 42.5 Å². The lowest BCUT2D eigenvalue weighted by Gasteiger charge is -2.35. The van der Waals surface area contributed by atoms with E-state index >= 15 is 0 Å². The smallest absolute Gasteiger partial charge is 0.263 e. The molecule has 1 amide bonds. The topological polar surface area (TPSA) is 66.9 Å². The van der Waals surface area contributed by atoms with Crippen LogP contribution in [0.4, 0.5) is 0 Å². The number of benzene rings is 2. The molecule has 2 aromatic rings. The Hall–Kier alpha value is -2.38. The SMILES string of the molecule is Cc1cccc(O[C@@H](C)C(=O)N2CCN(S(=O)(=O)Cc3ccccc3)CC2)c1. The monoisotopic (exact) mass is 402 g/mol. The van der Waals surface area contributed by atoms with Crippen molar-refractivity contribution in [1.82, 2.24) is 9.21 Å². The minimum absolute atomic E-state index is 0.0192. The van der Waals surface area contributed by atoms with Crippen LogP contribution in [0.2, 0.25) is 0 Å². The van der Waals surface area contributed by atoms with Gasteiger partial charge < -0.3 is 9.64 Å². The summed E-state index contributed by atoms with van der Waals surface area (Å²) in [6.45, 7) is 5.04. The van der Waals surface area contributed by atoms with Gasteiger partial charge in [-0.05, 0) is 37.1 Å². The summed E-state index contributed by atoms with van der Waals surface area (Å²) in [5, 5.41) is 0. The van der Waals surface area contributed by atoms with Crippen LogP contribution in [0.5, 0.6) is 5.75 Å². The summed E-state index contributed by atoms with van der Waals surface area (Å²) in [4.78, 5) is 14.3. The van der Waals surface area contributed by atoms with Gasteiger partial charge in [0.25, 0.3) is 5.91 Å². The Morgan fingerprint density at radius 1 is 1.04 bits per heavy atom. The van der Waals surface area contributed by atoms with E-state index in [2.05, 4.69) is 0 Å². The highest BCUT2D eigenvalue weighted by atomic mass is 32.2. The molecule has 150 valence electrons. The first kappa shape index (κ1) is 20.4. The third-order valence-corrected chi connectivity index (χ3v) is 6.64. The quantitative estimate of drug-likeness (QED) is 0.744. The number of ether oxygens (including phenoxy) is 1. The largest absolute Gasteiger partial charge is 0.481 e. The molecule has 0 bridgehead atoms. The van der Waals surface area contributed by atoms with Crippen molar-refractivity contribution in [2.75, 3.05) is 26.2 Å². The van der Waals surface area contributed by atoms with Gasteiger partial charge in [-0.2, -0.15) is 4.31 Å². The van der Waals surface area contributed by atoms with Crippen molar-refractivity contribution < 1.29 is 17.9 Å². The van der Waals surface area contributed by atoms with E-state index in [0.29, 0.717) is 31.9 Å². The fraction of sp³-hybridized carbons (Fsp3) is 0.381. The molecular weight excluding hydrogens is 376 g/mol. The highest BCUT2D eigenvalue weighted by Gasteiger charge is 2.31. The van der Waals surface area contributed by atoms with Crippen molar-refractivity contribution in [2.45, 2.75) is 25.7 Å². The molecule has 7 heteroatoms. The third-order valence-electron chi connectivity index (χ3n) is 4.79. The number of aryl methyl sites for hydroxylation is 1. The molecule has 0 aromatic heterocycles. The summed E-state index contributed by atoms with van der Waals surface area (Å²) in [5.41, 5.74) is 1.83. The fourth-order valence-electron chi connectivity index (χ4n) is 3.26. The van der Waals surface area contributed by atoms with Gasteiger partial charge >= 0.3 is 0 Å². The molecule has 3 rings (SSSR count). The van der Waals surface area contributed by atoms with E-state index < -0.39 is 16.1 Å². The van der Waals surface area contributed by atoms with Crippen LogP contribution in [0.15, 0.2) is 54.6 Å². The average molecular weight is 403 g/mol. The minimum atomic E-state index is -3.39. The van der Waals surface area contributed by atoms with Crippen molar-refractivity contribution in [3.63, 3.8) is 0 Å². The Morgan fingerprint density at radius 3 is 2.36 bits per heavy atom. The predicted molar refractivity (Wildman–Crippen MR) is 108 cm³/mol. The zero-order chi connectivity index (χ0) is 20.1. The van der Waals surface area contributed by atoms with E-state index in [-0.39, 0.29) is 11.7 Å². The number of hydrogen-bond acceptors (Lipinski definition) is 4. The molecule has 0 unspecified atom stereocenters. The van der Waals surface area contributed by atoms with E-state index in [0.717, 1.165) is 11.1 Å². The van der Waals surface area contributed by atoms with E-state index in [1.165, 1.54) is 4.31 Å². The minimum Gasteiger partial charge on any atom is -0.481 e. The summed E-state index contributed by atoms with van der Waals surface area (Å²) < 4.78 is 32.5. The molecule has 1 heterocycles. The maximum Gasteiger partial charge on any atom is 0.263 e. The van der Waals surface area contributed by atoms with Crippen LogP contribution in [0, 0.1) is 6.92 Å². The molecule has 1 saturated heterocycles. The maximum absolute atomic E-state index is 12.7. The number of carbonyl (C=O) groups is 1. The zero-order valence-corrected chi connectivity index (χ0v) is 17.1. The Bertz CT molecular complexity index is 907. The molecule has 1 aliphatic rings. The lowest BCUT2D eigenvalue weighted by molar-refractivity contribution is -0.139. The van der Waals surface area contributed by atoms with Crippen LogP contribution in [-0.4, -0.2) is 55.8 Å². The van der Waals surface area contributed by atoms with Gasteiger partial charge in [0.2, 0.25) is 10.0 Å². The summed E-state index contributed by atoms with van der Waals surface area (Å²) in [6.07, 6.45) is -0.616. The maximum atomic E-state index is 12.7. The van der Waals surface area contributed by atoms with Gasteiger partial charge in [-0.3, -0.25) is 4.79 Å². The first-order valence-electron chi connectivity index (χ1n) is 9.39. The van der Waals surface area contributed by atoms with Crippen LogP contribution in [0.25, 0.3) is 0 Å². The first-order chi connectivity index (χ1) is 13.3. The predicted octanol–water partition coefficient (Wildman–Crippen LogP) is 2.44. The molecule has 0 aliphatic carbocycles. The van der Waals surface area contributed by atoms with Gasteiger partial charge in [0.1, 0.15) is 5.75 Å². The average Bonchev–Trinajstić information content (AvgIpc) is 2.68. The van der Waals surface area contributed by atoms with Crippen LogP contribution in [0.3, 0.4) is 0 Å². The highest BCUT2D eigenvalue weighted by Crippen LogP contribution is 2.17. The Kier molecular flexibility index (Phi) is 6.36. The molecule has 0 N–H and O–H groups in total. The van der Waals surface area contributed by atoms with Crippen molar-refractivity contribution in [2.24, 2.45) is 0 Å². The molecule has 0 radical (unpaired) electrons. The van der Waals surface area contributed by atoms with Gasteiger partial charge in [-0.15, -0.1) is 0 Å². The van der Waals surface area contributed by atoms with Gasteiger partial charge in [0, 0.05) is 26.2 Å². The number of hydrogen-bond donors (Lipinski definition) is 0. The van der Waals surface area contributed by atoms with Crippen molar-refractivity contribution in [3.05, 3.63) is 65.7 Å². The van der Waals surface area contributed by atoms with E-state index in [4.69, 9.17) is 4.74 Å². The Morgan fingerprint density at radius 2 is 1.71 bits per heavy atom. The Balaban J connectivity index is 1.54. The van der Waals surface area contributed by atoms with Crippen molar-refractivity contribution in [1.29, 1.82) is 0 Å². The fourth-order valence-corrected chi connectivity index (χ4v) is 4.78. The number of amides is 1. The number of sulfonamides is 1. The normalized spacial score (nSPS) is 16.6. The van der Waals surface area contributed by atoms with Crippen LogP contribution >= 0.6 is 0 Å². The van der Waals surface area contributed by atoms with Gasteiger partial charge in [-0.25, -0.2) is 8.42 Å². The first-order valence-corrected chi connectivity index (χ1v) is 11.0. The lowest BCUT2D eigenvalue weighted by atomic mass is 10.2. The highest BCUT2D eigenvalue weighted by molar-refractivity contribution is 7.88. The zero-order valence-electron chi connectivity index (χ0n) is 16.2. The summed E-state index contributed by atoms with van der Waals surface area (Å²) in [7, 11) is -3.39. The summed E-state index contributed by atoms with van der Waals surface area (Å²) in [6, 6.07) is 16.7. The molecule has 0 saturated carbocycles. The molecule has 6 nitrogen and oxygen atoms in total. The number of rotatable bonds is 6. The van der Waals surface area contributed by atoms with Crippen LogP contribution in [0.1, 0.15) is 18.1 Å². The lowest BCUT2D eigenvalue weighted by Crippen LogP contribution is -2.53. The third kappa shape index (κ3) is 5.11. The Labute approximate surface area is 166 Å². The second-order valence-electron chi connectivity index (χ2n) is 7.04. The summed E-state index contributed by atoms with van der Waals surface area (Å²) in [5.74, 6) is 0.515. The molecule has 1 fully saturated rings. The van der Waals surface area contributed by atoms with E-state index in [1.54, 1.807) is 11.8 Å². The van der Waals surface area contributed by atoms with E-state index in [9.17, 15) is 13.2 Å². The molecule has 0 spiro atoms. The number of nitrogens with zero attached hydrogens (tertiary/aromatic N) is 2. The van der Waals surface area contributed by atoms with Gasteiger partial charge in [0.15, 0.2) is 6.10 Å².